The number of benzene rings is 2. The topological polar surface area (TPSA) is 229 Å². The van der Waals surface area contributed by atoms with Crippen molar-refractivity contribution in [2.75, 3.05) is 0 Å². The fourth-order valence-corrected chi connectivity index (χ4v) is 9.05. The van der Waals surface area contributed by atoms with Crippen molar-refractivity contribution in [3.05, 3.63) is 179 Å². The zero-order valence-corrected chi connectivity index (χ0v) is 38.5. The largest absolute Gasteiger partial charge is 2.00 e. The summed E-state index contributed by atoms with van der Waals surface area (Å²) in [5.74, 6) is 0. The smallest absolute Gasteiger partial charge is 0.744 e. The van der Waals surface area contributed by atoms with E-state index < -0.39 is 20.2 Å². The number of aromatic nitrogens is 8. The third-order valence-corrected chi connectivity index (χ3v) is 12.9. The molecule has 4 aliphatic heterocycles. The molecular formula is C52H34FeN8O6S2. The fourth-order valence-electron chi connectivity index (χ4n) is 8.12. The maximum Gasteiger partial charge on any atom is 2.00 e. The van der Waals surface area contributed by atoms with Gasteiger partial charge in [-0.1, -0.05) is 24.3 Å². The Labute approximate surface area is 404 Å². The molecule has 0 fully saturated rings. The van der Waals surface area contributed by atoms with E-state index in [0.717, 1.165) is 112 Å². The number of fused-ring (bicyclic) bond motifs is 16. The summed E-state index contributed by atoms with van der Waals surface area (Å²) in [6, 6.07) is 39.4. The van der Waals surface area contributed by atoms with Crippen LogP contribution in [0.5, 0.6) is 0 Å². The van der Waals surface area contributed by atoms with Crippen LogP contribution in [0.15, 0.2) is 143 Å². The Hall–Kier alpha value is -8.02. The van der Waals surface area contributed by atoms with Crippen LogP contribution in [0, 0.1) is 0 Å². The summed E-state index contributed by atoms with van der Waals surface area (Å²) in [7, 11) is -9.02. The second-order valence-electron chi connectivity index (χ2n) is 16.1. The van der Waals surface area contributed by atoms with Gasteiger partial charge in [0.1, 0.15) is 20.2 Å². The Kier molecular flexibility index (Phi) is 11.6. The van der Waals surface area contributed by atoms with E-state index in [9.17, 15) is 25.9 Å². The molecule has 4 aliphatic rings. The summed E-state index contributed by atoms with van der Waals surface area (Å²) in [4.78, 5) is 31.7. The molecule has 4 N–H and O–H groups in total. The molecular weight excluding hydrogens is 953 g/mol. The quantitative estimate of drug-likeness (QED) is 0.0963. The van der Waals surface area contributed by atoms with Crippen LogP contribution in [-0.2, 0) is 37.3 Å². The second-order valence-corrected chi connectivity index (χ2v) is 18.9. The summed E-state index contributed by atoms with van der Waals surface area (Å²) in [5.41, 5.74) is 16.8. The van der Waals surface area contributed by atoms with Crippen LogP contribution >= 0.6 is 0 Å². The minimum atomic E-state index is -4.51. The first-order chi connectivity index (χ1) is 32.8. The number of hydrogen-bond acceptors (Lipinski definition) is 10. The molecule has 0 radical (unpaired) electrons. The maximum atomic E-state index is 11.3. The molecule has 14 nitrogen and oxygen atoms in total. The monoisotopic (exact) mass is 986 g/mol. The molecule has 6 aromatic heterocycles. The fraction of sp³-hybridized carbons (Fsp3) is 0. The maximum absolute atomic E-state index is 11.3. The number of aromatic amines is 4. The molecule has 16 bridgehead atoms. The Morgan fingerprint density at radius 1 is 0.319 bits per heavy atom. The van der Waals surface area contributed by atoms with Crippen LogP contribution in [0.3, 0.4) is 0 Å². The molecule has 69 heavy (non-hydrogen) atoms. The van der Waals surface area contributed by atoms with Gasteiger partial charge in [0.25, 0.3) is 0 Å². The van der Waals surface area contributed by atoms with Crippen LogP contribution in [0.4, 0.5) is 0 Å². The molecule has 17 heteroatoms. The summed E-state index contributed by atoms with van der Waals surface area (Å²) < 4.78 is 67.9. The Morgan fingerprint density at radius 3 is 0.855 bits per heavy atom. The number of rotatable bonds is 4. The molecule has 0 atom stereocenters. The van der Waals surface area contributed by atoms with Gasteiger partial charge in [0.05, 0.1) is 55.3 Å². The van der Waals surface area contributed by atoms with E-state index >= 15 is 0 Å². The molecule has 0 amide bonds. The summed E-state index contributed by atoms with van der Waals surface area (Å²) in [6.45, 7) is 0. The standard InChI is InChI=1S/2C26H18N4O3S.Fe/c2*31-34(32,33)24-9-1-16(2-10-24)25-14-23-13-21-6-5-19(28-21)11-17-3-4-18(27-17)12-20-7-8-22(29-20)15-26(25)30-23;/h2*1-15,27,30H,(H,31,32,33);/q;;+2/p-2. The van der Waals surface area contributed by atoms with Crippen LogP contribution < -0.4 is 0 Å². The van der Waals surface area contributed by atoms with Crippen LogP contribution in [-0.4, -0.2) is 65.8 Å². The molecule has 0 aliphatic carbocycles. The molecule has 8 aromatic rings. The number of hydrogen-bond donors (Lipinski definition) is 4. The zero-order valence-electron chi connectivity index (χ0n) is 35.7. The third kappa shape index (κ3) is 10.0. The zero-order chi connectivity index (χ0) is 46.6. The third-order valence-electron chi connectivity index (χ3n) is 11.2. The molecule has 0 unspecified atom stereocenters. The molecule has 0 saturated carbocycles. The van der Waals surface area contributed by atoms with E-state index in [1.54, 1.807) is 24.3 Å². The van der Waals surface area contributed by atoms with Gasteiger partial charge in [-0.05, 0) is 169 Å². The van der Waals surface area contributed by atoms with Gasteiger partial charge in [0.15, 0.2) is 0 Å². The average Bonchev–Trinajstić information content (AvgIpc) is 4.16. The van der Waals surface area contributed by atoms with Gasteiger partial charge in [-0.3, -0.25) is 0 Å². The van der Waals surface area contributed by atoms with Crippen molar-refractivity contribution in [1.29, 1.82) is 0 Å². The number of H-pyrrole nitrogens is 4. The van der Waals surface area contributed by atoms with Crippen molar-refractivity contribution in [2.24, 2.45) is 0 Å². The first-order valence-corrected chi connectivity index (χ1v) is 23.9. The molecule has 2 aromatic carbocycles. The number of nitrogens with one attached hydrogen (secondary N) is 4. The molecule has 10 heterocycles. The molecule has 0 saturated heterocycles. The Balaban J connectivity index is 0.000000158. The van der Waals surface area contributed by atoms with Crippen LogP contribution in [0.25, 0.3) is 115 Å². The first-order valence-electron chi connectivity index (χ1n) is 21.1. The second kappa shape index (κ2) is 17.9. The predicted molar refractivity (Wildman–Crippen MR) is 265 cm³/mol. The molecule has 0 spiro atoms. The average molecular weight is 987 g/mol. The van der Waals surface area contributed by atoms with E-state index in [1.165, 1.54) is 24.3 Å². The SMILES string of the molecule is O=S(=O)([O-])c1ccc(-c2cc3cc4nc(cc5ccc(cc6nc(cc2[nH]3)C=C6)[nH]5)C=C4)cc1.O=S(=O)([O-])c1ccc(-c2cc3cc4nc(cc5ccc(cc6nc(cc2[nH]3)C=C6)[nH]5)C=C4)cc1.[Fe+2]. The van der Waals surface area contributed by atoms with Crippen molar-refractivity contribution < 1.29 is 43.0 Å². The van der Waals surface area contributed by atoms with E-state index in [4.69, 9.17) is 9.97 Å². The number of nitrogens with zero attached hydrogens (tertiary/aromatic N) is 4. The normalized spacial score (nSPS) is 12.7. The molecule has 338 valence electrons. The summed E-state index contributed by atoms with van der Waals surface area (Å²) in [6.07, 6.45) is 15.6. The van der Waals surface area contributed by atoms with E-state index in [0.29, 0.717) is 0 Å². The van der Waals surface area contributed by atoms with Gasteiger partial charge in [-0.25, -0.2) is 36.8 Å². The summed E-state index contributed by atoms with van der Waals surface area (Å²) >= 11 is 0. The van der Waals surface area contributed by atoms with E-state index in [1.807, 2.05) is 134 Å². The van der Waals surface area contributed by atoms with Gasteiger partial charge in [0, 0.05) is 55.3 Å². The van der Waals surface area contributed by atoms with Crippen molar-refractivity contribution in [3.63, 3.8) is 0 Å². The van der Waals surface area contributed by atoms with Gasteiger partial charge in [0.2, 0.25) is 0 Å². The predicted octanol–water partition coefficient (Wildman–Crippen LogP) is 10.5. The van der Waals surface area contributed by atoms with Crippen LogP contribution in [0.2, 0.25) is 0 Å². The van der Waals surface area contributed by atoms with Crippen molar-refractivity contribution in [3.8, 4) is 22.3 Å². The minimum Gasteiger partial charge on any atom is -0.744 e. The van der Waals surface area contributed by atoms with Crippen LogP contribution in [0.1, 0.15) is 45.6 Å². The minimum absolute atomic E-state index is 0. The Morgan fingerprint density at radius 2 is 0.580 bits per heavy atom. The first kappa shape index (κ1) is 44.8. The summed E-state index contributed by atoms with van der Waals surface area (Å²) in [5, 5.41) is 0. The molecule has 12 rings (SSSR count). The van der Waals surface area contributed by atoms with Gasteiger partial charge >= 0.3 is 17.1 Å². The Bertz CT molecular complexity index is 3830. The van der Waals surface area contributed by atoms with Gasteiger partial charge in [-0.2, -0.15) is 0 Å². The van der Waals surface area contributed by atoms with Gasteiger partial charge < -0.3 is 29.0 Å². The van der Waals surface area contributed by atoms with Crippen molar-refractivity contribution >= 4 is 113 Å². The van der Waals surface area contributed by atoms with Crippen molar-refractivity contribution in [1.82, 2.24) is 39.9 Å². The van der Waals surface area contributed by atoms with Gasteiger partial charge in [-0.15, -0.1) is 0 Å². The van der Waals surface area contributed by atoms with E-state index in [2.05, 4.69) is 29.9 Å². The van der Waals surface area contributed by atoms with E-state index in [-0.39, 0.29) is 26.9 Å². The van der Waals surface area contributed by atoms with Crippen molar-refractivity contribution in [2.45, 2.75) is 9.79 Å².